The minimum atomic E-state index is -4.27. The van der Waals surface area contributed by atoms with Crippen LogP contribution in [0.1, 0.15) is 11.1 Å². The molecule has 1 heterocycles. The summed E-state index contributed by atoms with van der Waals surface area (Å²) in [6, 6.07) is 10.1. The number of halogens is 5. The molecule has 0 unspecified atom stereocenters. The third-order valence-corrected chi connectivity index (χ3v) is 6.60. The van der Waals surface area contributed by atoms with Gasteiger partial charge in [-0.15, -0.1) is 11.8 Å². The highest BCUT2D eigenvalue weighted by Crippen LogP contribution is 2.34. The van der Waals surface area contributed by atoms with Crippen LogP contribution in [0.25, 0.3) is 0 Å². The quantitative estimate of drug-likeness (QED) is 0.315. The molecule has 29 heavy (non-hydrogen) atoms. The Kier molecular flexibility index (Phi) is 6.96. The van der Waals surface area contributed by atoms with Gasteiger partial charge >= 0.3 is 6.18 Å². The number of benzene rings is 2. The lowest BCUT2D eigenvalue weighted by atomic mass is 10.1. The molecular weight excluding hydrogens is 444 g/mol. The minimum Gasteiger partial charge on any atom is -0.366 e. The van der Waals surface area contributed by atoms with Crippen molar-refractivity contribution in [2.45, 2.75) is 18.0 Å². The Morgan fingerprint density at radius 1 is 1.10 bits per heavy atom. The van der Waals surface area contributed by atoms with Crippen LogP contribution in [-0.4, -0.2) is 48.0 Å². The van der Waals surface area contributed by atoms with Crippen molar-refractivity contribution in [3.63, 3.8) is 0 Å². The molecule has 1 aliphatic rings. The molecule has 0 bridgehead atoms. The normalized spacial score (nSPS) is 15.0. The van der Waals surface area contributed by atoms with Crippen LogP contribution in [-0.2, 0) is 0 Å². The van der Waals surface area contributed by atoms with E-state index in [-0.39, 0.29) is 0 Å². The Bertz CT molecular complexity index is 879. The monoisotopic (exact) mass is 462 g/mol. The highest BCUT2D eigenvalue weighted by molar-refractivity contribution is 7.99. The van der Waals surface area contributed by atoms with Gasteiger partial charge < -0.3 is 9.80 Å². The second-order valence-corrected chi connectivity index (χ2v) is 8.60. The second-order valence-electron chi connectivity index (χ2n) is 6.76. The Balaban J connectivity index is 1.68. The van der Waals surface area contributed by atoms with Gasteiger partial charge in [0, 0.05) is 41.7 Å². The zero-order valence-corrected chi connectivity index (χ0v) is 18.0. The van der Waals surface area contributed by atoms with E-state index in [0.717, 1.165) is 5.56 Å². The molecule has 0 aromatic heterocycles. The van der Waals surface area contributed by atoms with Crippen molar-refractivity contribution in [3.8, 4) is 0 Å². The Morgan fingerprint density at radius 2 is 1.72 bits per heavy atom. The van der Waals surface area contributed by atoms with Crippen molar-refractivity contribution in [2.75, 3.05) is 36.8 Å². The first-order valence-electron chi connectivity index (χ1n) is 8.93. The van der Waals surface area contributed by atoms with Crippen molar-refractivity contribution in [1.82, 2.24) is 4.90 Å². The van der Waals surface area contributed by atoms with Gasteiger partial charge in [-0.2, -0.15) is 13.2 Å². The van der Waals surface area contributed by atoms with E-state index in [2.05, 4.69) is 0 Å². The fourth-order valence-corrected chi connectivity index (χ4v) is 4.37. The van der Waals surface area contributed by atoms with Gasteiger partial charge in [-0.3, -0.25) is 0 Å². The van der Waals surface area contributed by atoms with E-state index in [9.17, 15) is 17.6 Å². The molecule has 1 aliphatic heterocycles. The van der Waals surface area contributed by atoms with Crippen LogP contribution < -0.4 is 4.90 Å². The number of rotatable bonds is 4. The lowest BCUT2D eigenvalue weighted by Gasteiger charge is -2.37. The number of aryl methyl sites for hydroxylation is 1. The van der Waals surface area contributed by atoms with Gasteiger partial charge in [0.2, 0.25) is 0 Å². The molecule has 2 aromatic rings. The lowest BCUT2D eigenvalue weighted by Crippen LogP contribution is -2.48. The topological polar surface area (TPSA) is 6.48 Å². The largest absolute Gasteiger partial charge is 0.398 e. The Labute approximate surface area is 181 Å². The molecule has 0 aliphatic carbocycles. The van der Waals surface area contributed by atoms with Gasteiger partial charge in [0.15, 0.2) is 0 Å². The summed E-state index contributed by atoms with van der Waals surface area (Å²) in [5.41, 5.74) is 1.73. The second kappa shape index (κ2) is 9.10. The van der Waals surface area contributed by atoms with E-state index in [1.807, 2.05) is 21.9 Å². The van der Waals surface area contributed by atoms with E-state index in [1.54, 1.807) is 19.1 Å². The summed E-state index contributed by atoms with van der Waals surface area (Å²) in [4.78, 5) is 5.04. The maximum absolute atomic E-state index is 14.5. The van der Waals surface area contributed by atoms with E-state index in [0.29, 0.717) is 64.1 Å². The molecule has 1 fully saturated rings. The predicted octanol–water partition coefficient (Wildman–Crippen LogP) is 5.94. The molecule has 0 atom stereocenters. The first kappa shape index (κ1) is 22.2. The van der Waals surface area contributed by atoms with Crippen molar-refractivity contribution in [3.05, 3.63) is 58.4 Å². The molecule has 0 radical (unpaired) electrons. The van der Waals surface area contributed by atoms with Crippen LogP contribution in [0.3, 0.4) is 0 Å². The SMILES string of the molecule is Cc1cc(F)c(N2CCN(C(=S)c3ccc(Cl)cc3)CC2)cc1SCC(F)(F)F. The number of thioether (sulfide) groups is 1. The fraction of sp³-hybridized carbons (Fsp3) is 0.350. The number of hydrogen-bond acceptors (Lipinski definition) is 3. The lowest BCUT2D eigenvalue weighted by molar-refractivity contribution is -0.105. The molecule has 1 saturated heterocycles. The number of hydrogen-bond donors (Lipinski definition) is 0. The minimum absolute atomic E-state index is 0.331. The molecule has 0 amide bonds. The number of anilines is 1. The van der Waals surface area contributed by atoms with Crippen LogP contribution in [0.2, 0.25) is 5.02 Å². The summed E-state index contributed by atoms with van der Waals surface area (Å²) in [6.45, 7) is 3.86. The molecule has 2 nitrogen and oxygen atoms in total. The third kappa shape index (κ3) is 5.77. The van der Waals surface area contributed by atoms with Crippen molar-refractivity contribution < 1.29 is 17.6 Å². The summed E-state index contributed by atoms with van der Waals surface area (Å²) in [5.74, 6) is -1.42. The summed E-state index contributed by atoms with van der Waals surface area (Å²) in [5, 5.41) is 0.635. The molecular formula is C20H19ClF4N2S2. The fourth-order valence-electron chi connectivity index (χ4n) is 3.13. The van der Waals surface area contributed by atoms with Gasteiger partial charge in [0.25, 0.3) is 0 Å². The van der Waals surface area contributed by atoms with Crippen LogP contribution in [0, 0.1) is 12.7 Å². The highest BCUT2D eigenvalue weighted by atomic mass is 35.5. The summed E-state index contributed by atoms with van der Waals surface area (Å²) < 4.78 is 52.2. The molecule has 9 heteroatoms. The molecule has 156 valence electrons. The van der Waals surface area contributed by atoms with Gasteiger partial charge in [0.1, 0.15) is 10.8 Å². The number of alkyl halides is 3. The third-order valence-electron chi connectivity index (χ3n) is 4.63. The van der Waals surface area contributed by atoms with Crippen molar-refractivity contribution in [1.29, 1.82) is 0 Å². The number of nitrogens with zero attached hydrogens (tertiary/aromatic N) is 2. The maximum atomic E-state index is 14.5. The first-order chi connectivity index (χ1) is 13.6. The maximum Gasteiger partial charge on any atom is 0.398 e. The standard InChI is InChI=1S/C20H19ClF4N2S2/c1-13-10-16(22)17(11-18(13)29-12-20(23,24)25)26-6-8-27(9-7-26)19(28)14-2-4-15(21)5-3-14/h2-5,10-11H,6-9,12H2,1H3. The van der Waals surface area contributed by atoms with Crippen LogP contribution in [0.5, 0.6) is 0 Å². The smallest absolute Gasteiger partial charge is 0.366 e. The molecule has 0 N–H and O–H groups in total. The Hall–Kier alpha value is -1.51. The van der Waals surface area contributed by atoms with E-state index in [4.69, 9.17) is 23.8 Å². The molecule has 2 aromatic carbocycles. The van der Waals surface area contributed by atoms with Gasteiger partial charge in [-0.1, -0.05) is 36.0 Å². The average molecular weight is 463 g/mol. The van der Waals surface area contributed by atoms with Gasteiger partial charge in [-0.05, 0) is 36.8 Å². The summed E-state index contributed by atoms with van der Waals surface area (Å²) >= 11 is 12.1. The van der Waals surface area contributed by atoms with E-state index >= 15 is 0 Å². The van der Waals surface area contributed by atoms with Crippen LogP contribution >= 0.6 is 35.6 Å². The molecule has 0 saturated carbocycles. The average Bonchev–Trinajstić information content (AvgIpc) is 2.67. The number of thiocarbonyl (C=S) groups is 1. The molecule has 0 spiro atoms. The van der Waals surface area contributed by atoms with Gasteiger partial charge in [-0.25, -0.2) is 4.39 Å². The zero-order valence-electron chi connectivity index (χ0n) is 15.6. The van der Waals surface area contributed by atoms with Crippen molar-refractivity contribution in [2.24, 2.45) is 0 Å². The molecule has 3 rings (SSSR count). The van der Waals surface area contributed by atoms with Gasteiger partial charge in [0.05, 0.1) is 11.4 Å². The number of piperazine rings is 1. The summed E-state index contributed by atoms with van der Waals surface area (Å²) in [6.07, 6.45) is -4.27. The van der Waals surface area contributed by atoms with E-state index < -0.39 is 17.7 Å². The summed E-state index contributed by atoms with van der Waals surface area (Å²) in [7, 11) is 0. The van der Waals surface area contributed by atoms with Crippen molar-refractivity contribution >= 4 is 46.3 Å². The highest BCUT2D eigenvalue weighted by Gasteiger charge is 2.28. The van der Waals surface area contributed by atoms with Crippen LogP contribution in [0.4, 0.5) is 23.2 Å². The Morgan fingerprint density at radius 3 is 2.31 bits per heavy atom. The zero-order chi connectivity index (χ0) is 21.2. The first-order valence-corrected chi connectivity index (χ1v) is 10.7. The van der Waals surface area contributed by atoms with Crippen LogP contribution in [0.15, 0.2) is 41.3 Å². The predicted molar refractivity (Wildman–Crippen MR) is 115 cm³/mol. The van der Waals surface area contributed by atoms with E-state index in [1.165, 1.54) is 12.1 Å².